The van der Waals surface area contributed by atoms with Crippen molar-refractivity contribution < 1.29 is 42.0 Å². The van der Waals surface area contributed by atoms with E-state index in [0.29, 0.717) is 24.3 Å². The molecule has 6 N–H and O–H groups in total. The van der Waals surface area contributed by atoms with Gasteiger partial charge in [0.2, 0.25) is 0 Å². The van der Waals surface area contributed by atoms with Crippen molar-refractivity contribution in [2.45, 2.75) is 44.9 Å². The second-order valence-corrected chi connectivity index (χ2v) is 7.73. The van der Waals surface area contributed by atoms with Gasteiger partial charge in [0, 0.05) is 31.2 Å². The van der Waals surface area contributed by atoms with Gasteiger partial charge in [0.15, 0.2) is 0 Å². The molecule has 1 aliphatic carbocycles. The number of halogens is 1. The first-order chi connectivity index (χ1) is 16.1. The van der Waals surface area contributed by atoms with E-state index in [1.807, 2.05) is 24.3 Å². The van der Waals surface area contributed by atoms with Crippen molar-refractivity contribution >= 4 is 11.7 Å². The summed E-state index contributed by atoms with van der Waals surface area (Å²) in [5, 5.41) is 14.7. The largest absolute Gasteiger partial charge is 1.00 e. The van der Waals surface area contributed by atoms with Gasteiger partial charge in [0.25, 0.3) is 0 Å². The minimum Gasteiger partial charge on any atom is -1.00 e. The van der Waals surface area contributed by atoms with Crippen LogP contribution in [0.2, 0.25) is 0 Å². The van der Waals surface area contributed by atoms with Crippen LogP contribution in [0.1, 0.15) is 56.1 Å². The van der Waals surface area contributed by atoms with Crippen LogP contribution >= 0.6 is 0 Å². The average Bonchev–Trinajstić information content (AvgIpc) is 2.79. The summed E-state index contributed by atoms with van der Waals surface area (Å²) in [7, 11) is 0. The number of rotatable bonds is 10. The molecular formula is C27H36ClIrN4O2-. The first-order valence-electron chi connectivity index (χ1n) is 11.5. The number of unbranched alkanes of at least 4 members (excludes halogenated alkanes) is 2. The van der Waals surface area contributed by atoms with Gasteiger partial charge in [0.05, 0.1) is 13.2 Å². The number of amidine groups is 2. The summed E-state index contributed by atoms with van der Waals surface area (Å²) in [5.74, 6) is 1.68. The Kier molecular flexibility index (Phi) is 18.2. The topological polar surface area (TPSA) is 118 Å². The molecule has 6 nitrogen and oxygen atoms in total. The van der Waals surface area contributed by atoms with E-state index in [1.165, 1.54) is 25.7 Å². The Hall–Kier alpha value is -2.60. The Labute approximate surface area is 228 Å². The second-order valence-electron chi connectivity index (χ2n) is 7.73. The molecule has 193 valence electrons. The molecular weight excluding hydrogens is 640 g/mol. The van der Waals surface area contributed by atoms with Gasteiger partial charge in [-0.3, -0.25) is 10.8 Å². The molecule has 0 fully saturated rings. The molecule has 1 radical (unpaired) electrons. The summed E-state index contributed by atoms with van der Waals surface area (Å²) in [6.07, 6.45) is 16.9. The van der Waals surface area contributed by atoms with Gasteiger partial charge < -0.3 is 33.3 Å². The van der Waals surface area contributed by atoms with Gasteiger partial charge in [0.1, 0.15) is 23.2 Å². The third-order valence-electron chi connectivity index (χ3n) is 4.99. The Morgan fingerprint density at radius 1 is 0.600 bits per heavy atom. The van der Waals surface area contributed by atoms with E-state index < -0.39 is 0 Å². The molecule has 0 spiro atoms. The molecule has 0 bridgehead atoms. The first kappa shape index (κ1) is 32.4. The zero-order valence-corrected chi connectivity index (χ0v) is 23.1. The van der Waals surface area contributed by atoms with Crippen LogP contribution in [0.25, 0.3) is 0 Å². The normalized spacial score (nSPS) is 11.9. The molecule has 0 saturated heterocycles. The third-order valence-corrected chi connectivity index (χ3v) is 4.99. The van der Waals surface area contributed by atoms with Crippen LogP contribution in [0.3, 0.4) is 0 Å². The van der Waals surface area contributed by atoms with Gasteiger partial charge in [-0.05, 0) is 93.5 Å². The fraction of sp³-hybridized carbons (Fsp3) is 0.333. The number of hydrogen-bond acceptors (Lipinski definition) is 4. The molecule has 0 heterocycles. The number of allylic oxidation sites excluding steroid dienone is 4. The summed E-state index contributed by atoms with van der Waals surface area (Å²) in [5.41, 5.74) is 12.2. The predicted molar refractivity (Wildman–Crippen MR) is 137 cm³/mol. The van der Waals surface area contributed by atoms with Crippen molar-refractivity contribution in [2.75, 3.05) is 13.2 Å². The van der Waals surface area contributed by atoms with E-state index in [1.54, 1.807) is 24.3 Å². The zero-order chi connectivity index (χ0) is 23.7. The predicted octanol–water partition coefficient (Wildman–Crippen LogP) is 2.56. The number of nitrogens with two attached hydrogens (primary N) is 2. The third kappa shape index (κ3) is 14.4. The van der Waals surface area contributed by atoms with Gasteiger partial charge in [-0.15, -0.1) is 0 Å². The summed E-state index contributed by atoms with van der Waals surface area (Å²) < 4.78 is 11.3. The van der Waals surface area contributed by atoms with Crippen LogP contribution in [-0.4, -0.2) is 24.9 Å². The van der Waals surface area contributed by atoms with Crippen molar-refractivity contribution in [2.24, 2.45) is 11.5 Å². The molecule has 2 aromatic carbocycles. The van der Waals surface area contributed by atoms with Gasteiger partial charge >= 0.3 is 0 Å². The van der Waals surface area contributed by atoms with Crippen LogP contribution in [-0.2, 0) is 20.1 Å². The van der Waals surface area contributed by atoms with E-state index in [0.717, 1.165) is 30.8 Å². The summed E-state index contributed by atoms with van der Waals surface area (Å²) in [6.45, 7) is 1.29. The number of hydrogen-bond donors (Lipinski definition) is 4. The molecule has 0 saturated carbocycles. The molecule has 0 unspecified atom stereocenters. The number of nitrogen functional groups attached to an aromatic ring is 2. The number of ether oxygens (including phenoxy) is 2. The smallest absolute Gasteiger partial charge is 0.122 e. The minimum absolute atomic E-state index is 0. The summed E-state index contributed by atoms with van der Waals surface area (Å²) in [6, 6.07) is 14.4. The van der Waals surface area contributed by atoms with E-state index in [9.17, 15) is 0 Å². The van der Waals surface area contributed by atoms with Crippen molar-refractivity contribution in [3.8, 4) is 11.5 Å². The molecule has 1 aliphatic rings. The van der Waals surface area contributed by atoms with Crippen LogP contribution in [0.15, 0.2) is 72.8 Å². The van der Waals surface area contributed by atoms with Gasteiger partial charge in [-0.25, -0.2) is 0 Å². The minimum atomic E-state index is 0. The first-order valence-corrected chi connectivity index (χ1v) is 11.5. The fourth-order valence-electron chi connectivity index (χ4n) is 3.08. The Morgan fingerprint density at radius 3 is 1.20 bits per heavy atom. The van der Waals surface area contributed by atoms with E-state index in [-0.39, 0.29) is 44.2 Å². The SMILES string of the molecule is C1=CCCC=CCC1.N=C(N)c1ccc(OCCCCCOc2ccc(C(=N)N)cc2)cc1.[Cl-].[Ir]. The monoisotopic (exact) mass is 676 g/mol. The number of nitrogens with one attached hydrogen (secondary N) is 2. The van der Waals surface area contributed by atoms with Gasteiger partial charge in [-0.1, -0.05) is 24.3 Å². The molecule has 0 atom stereocenters. The Morgan fingerprint density at radius 2 is 0.914 bits per heavy atom. The Balaban J connectivity index is 0.000000985. The quantitative estimate of drug-likeness (QED) is 0.134. The summed E-state index contributed by atoms with van der Waals surface area (Å²) >= 11 is 0. The van der Waals surface area contributed by atoms with Gasteiger partial charge in [-0.2, -0.15) is 0 Å². The molecule has 35 heavy (non-hydrogen) atoms. The van der Waals surface area contributed by atoms with Crippen molar-refractivity contribution in [1.29, 1.82) is 10.8 Å². The maximum Gasteiger partial charge on any atom is 0.122 e. The molecule has 8 heteroatoms. The molecule has 0 aromatic heterocycles. The van der Waals surface area contributed by atoms with Crippen LogP contribution < -0.4 is 33.3 Å². The fourth-order valence-corrected chi connectivity index (χ4v) is 3.08. The maximum absolute atomic E-state index is 7.34. The molecule has 0 amide bonds. The van der Waals surface area contributed by atoms with Crippen molar-refractivity contribution in [1.82, 2.24) is 0 Å². The van der Waals surface area contributed by atoms with Crippen LogP contribution in [0, 0.1) is 10.8 Å². The second kappa shape index (κ2) is 19.7. The van der Waals surface area contributed by atoms with Crippen LogP contribution in [0.4, 0.5) is 0 Å². The van der Waals surface area contributed by atoms with Crippen LogP contribution in [0.5, 0.6) is 11.5 Å². The van der Waals surface area contributed by atoms with E-state index in [4.69, 9.17) is 31.8 Å². The summed E-state index contributed by atoms with van der Waals surface area (Å²) in [4.78, 5) is 0. The molecule has 2 aromatic rings. The van der Waals surface area contributed by atoms with E-state index in [2.05, 4.69) is 24.3 Å². The number of benzene rings is 2. The van der Waals surface area contributed by atoms with Crippen molar-refractivity contribution in [3.63, 3.8) is 0 Å². The molecule has 3 rings (SSSR count). The average molecular weight is 676 g/mol. The molecule has 0 aliphatic heterocycles. The standard InChI is InChI=1S/C19H24N4O2.C8H12.ClH.Ir/c20-18(21)14-4-8-16(9-5-14)24-12-2-1-3-13-25-17-10-6-15(7-11-17)19(22)23;1-2-4-6-8-7-5-3-1;;/h4-11H,1-3,12-13H2,(H3,20,21)(H3,22,23);1-2,7-8H,3-6H2;1H;/p-1. The van der Waals surface area contributed by atoms with Crippen molar-refractivity contribution in [3.05, 3.63) is 84.0 Å². The zero-order valence-electron chi connectivity index (χ0n) is 20.0. The van der Waals surface area contributed by atoms with E-state index >= 15 is 0 Å². The Bertz CT molecular complexity index is 828. The maximum atomic E-state index is 7.34.